The molecular formula is C13H18ClNO3S. The normalized spacial score (nSPS) is 25.5. The molecule has 106 valence electrons. The van der Waals surface area contributed by atoms with Crippen LogP contribution in [0.3, 0.4) is 0 Å². The van der Waals surface area contributed by atoms with E-state index >= 15 is 0 Å². The molecule has 1 aliphatic rings. The maximum Gasteiger partial charge on any atom is 0.243 e. The molecule has 0 amide bonds. The average Bonchev–Trinajstić information content (AvgIpc) is 2.35. The monoisotopic (exact) mass is 303 g/mol. The van der Waals surface area contributed by atoms with Crippen LogP contribution < -0.4 is 0 Å². The number of hydrogen-bond donors (Lipinski definition) is 0. The molecule has 6 heteroatoms. The highest BCUT2D eigenvalue weighted by Crippen LogP contribution is 2.26. The third-order valence-electron chi connectivity index (χ3n) is 3.58. The summed E-state index contributed by atoms with van der Waals surface area (Å²) in [5.41, 5.74) is 0.865. The standard InChI is InChI=1S/C13H18ClNO3S/c1-9-4-5-12(8-13(9)14)19(16,17)15-6-7-18-11(3)10(15)2/h4-5,8,10-11H,6-7H2,1-3H3. The number of ether oxygens (including phenoxy) is 1. The number of sulfonamides is 1. The number of aryl methyl sites for hydroxylation is 1. The van der Waals surface area contributed by atoms with Gasteiger partial charge >= 0.3 is 0 Å². The Bertz CT molecular complexity index is 573. The van der Waals surface area contributed by atoms with E-state index < -0.39 is 10.0 Å². The van der Waals surface area contributed by atoms with Crippen LogP contribution in [0.2, 0.25) is 5.02 Å². The molecule has 0 saturated carbocycles. The topological polar surface area (TPSA) is 46.6 Å². The maximum atomic E-state index is 12.6. The van der Waals surface area contributed by atoms with E-state index in [9.17, 15) is 8.42 Å². The second kappa shape index (κ2) is 5.40. The van der Waals surface area contributed by atoms with Crippen molar-refractivity contribution < 1.29 is 13.2 Å². The molecule has 1 heterocycles. The number of benzene rings is 1. The van der Waals surface area contributed by atoms with E-state index in [2.05, 4.69) is 0 Å². The summed E-state index contributed by atoms with van der Waals surface area (Å²) >= 11 is 6.02. The Labute approximate surface area is 119 Å². The van der Waals surface area contributed by atoms with Crippen molar-refractivity contribution in [2.75, 3.05) is 13.2 Å². The first-order chi connectivity index (χ1) is 8.84. The number of rotatable bonds is 2. The van der Waals surface area contributed by atoms with E-state index in [1.54, 1.807) is 12.1 Å². The molecule has 0 bridgehead atoms. The Morgan fingerprint density at radius 1 is 1.37 bits per heavy atom. The highest BCUT2D eigenvalue weighted by molar-refractivity contribution is 7.89. The van der Waals surface area contributed by atoms with Crippen LogP contribution in [0.4, 0.5) is 0 Å². The molecule has 1 aliphatic heterocycles. The zero-order chi connectivity index (χ0) is 14.2. The van der Waals surface area contributed by atoms with Crippen molar-refractivity contribution in [1.82, 2.24) is 4.31 Å². The van der Waals surface area contributed by atoms with Gasteiger partial charge in [0.05, 0.1) is 17.6 Å². The molecule has 1 saturated heterocycles. The van der Waals surface area contributed by atoms with E-state index in [-0.39, 0.29) is 17.0 Å². The van der Waals surface area contributed by atoms with Crippen molar-refractivity contribution in [3.8, 4) is 0 Å². The highest BCUT2D eigenvalue weighted by atomic mass is 35.5. The quantitative estimate of drug-likeness (QED) is 0.843. The SMILES string of the molecule is Cc1ccc(S(=O)(=O)N2CCOC(C)C2C)cc1Cl. The van der Waals surface area contributed by atoms with Crippen molar-refractivity contribution in [3.05, 3.63) is 28.8 Å². The van der Waals surface area contributed by atoms with Gasteiger partial charge in [-0.15, -0.1) is 0 Å². The van der Waals surface area contributed by atoms with Crippen molar-refractivity contribution in [2.24, 2.45) is 0 Å². The summed E-state index contributed by atoms with van der Waals surface area (Å²) in [5.74, 6) is 0. The molecule has 1 fully saturated rings. The van der Waals surface area contributed by atoms with Gasteiger partial charge in [-0.1, -0.05) is 17.7 Å². The predicted octanol–water partition coefficient (Wildman–Crippen LogP) is 2.45. The molecule has 0 N–H and O–H groups in total. The van der Waals surface area contributed by atoms with E-state index in [0.717, 1.165) is 5.56 Å². The molecule has 2 rings (SSSR count). The summed E-state index contributed by atoms with van der Waals surface area (Å²) in [4.78, 5) is 0.240. The highest BCUT2D eigenvalue weighted by Gasteiger charge is 2.35. The van der Waals surface area contributed by atoms with Crippen LogP contribution in [-0.2, 0) is 14.8 Å². The molecule has 19 heavy (non-hydrogen) atoms. The Hall–Kier alpha value is -0.620. The minimum atomic E-state index is -3.51. The second-order valence-electron chi connectivity index (χ2n) is 4.84. The summed E-state index contributed by atoms with van der Waals surface area (Å²) in [5, 5.41) is 0.468. The zero-order valence-electron chi connectivity index (χ0n) is 11.3. The molecule has 0 aliphatic carbocycles. The van der Waals surface area contributed by atoms with Crippen LogP contribution in [0.25, 0.3) is 0 Å². The number of hydrogen-bond acceptors (Lipinski definition) is 3. The fourth-order valence-electron chi connectivity index (χ4n) is 2.11. The van der Waals surface area contributed by atoms with Crippen LogP contribution in [-0.4, -0.2) is 38.0 Å². The van der Waals surface area contributed by atoms with Crippen LogP contribution >= 0.6 is 11.6 Å². The first kappa shape index (κ1) is 14.8. The van der Waals surface area contributed by atoms with Crippen LogP contribution in [0.1, 0.15) is 19.4 Å². The Morgan fingerprint density at radius 3 is 2.68 bits per heavy atom. The van der Waals surface area contributed by atoms with Crippen LogP contribution in [0.5, 0.6) is 0 Å². The largest absolute Gasteiger partial charge is 0.375 e. The smallest absolute Gasteiger partial charge is 0.243 e. The summed E-state index contributed by atoms with van der Waals surface area (Å²) in [7, 11) is -3.51. The van der Waals surface area contributed by atoms with Crippen LogP contribution in [0.15, 0.2) is 23.1 Å². The van der Waals surface area contributed by atoms with Crippen LogP contribution in [0, 0.1) is 6.92 Å². The molecule has 0 aromatic heterocycles. The summed E-state index contributed by atoms with van der Waals surface area (Å²) < 4.78 is 32.2. The fraction of sp³-hybridized carbons (Fsp3) is 0.538. The Kier molecular flexibility index (Phi) is 4.20. The molecule has 2 unspecified atom stereocenters. The molecule has 1 aromatic carbocycles. The summed E-state index contributed by atoms with van der Waals surface area (Å²) in [6, 6.07) is 4.66. The third kappa shape index (κ3) is 2.79. The lowest BCUT2D eigenvalue weighted by atomic mass is 10.2. The van der Waals surface area contributed by atoms with Gasteiger partial charge in [-0.3, -0.25) is 0 Å². The van der Waals surface area contributed by atoms with Gasteiger partial charge in [0.15, 0.2) is 0 Å². The Morgan fingerprint density at radius 2 is 2.05 bits per heavy atom. The van der Waals surface area contributed by atoms with Gasteiger partial charge in [0.2, 0.25) is 10.0 Å². The summed E-state index contributed by atoms with van der Waals surface area (Å²) in [6.07, 6.45) is -0.107. The zero-order valence-corrected chi connectivity index (χ0v) is 12.8. The van der Waals surface area contributed by atoms with Gasteiger partial charge in [0.25, 0.3) is 0 Å². The van der Waals surface area contributed by atoms with E-state index in [1.165, 1.54) is 10.4 Å². The van der Waals surface area contributed by atoms with Gasteiger partial charge in [0.1, 0.15) is 0 Å². The number of halogens is 1. The van der Waals surface area contributed by atoms with E-state index in [4.69, 9.17) is 16.3 Å². The molecule has 4 nitrogen and oxygen atoms in total. The number of nitrogens with zero attached hydrogens (tertiary/aromatic N) is 1. The molecule has 2 atom stereocenters. The number of morpholine rings is 1. The van der Waals surface area contributed by atoms with Crippen molar-refractivity contribution in [1.29, 1.82) is 0 Å². The lowest BCUT2D eigenvalue weighted by Crippen LogP contribution is -2.51. The molecule has 0 radical (unpaired) electrons. The predicted molar refractivity (Wildman–Crippen MR) is 75.0 cm³/mol. The van der Waals surface area contributed by atoms with Gasteiger partial charge in [0, 0.05) is 17.6 Å². The lowest BCUT2D eigenvalue weighted by molar-refractivity contribution is -0.0232. The van der Waals surface area contributed by atoms with Gasteiger partial charge in [-0.2, -0.15) is 4.31 Å². The van der Waals surface area contributed by atoms with Crippen molar-refractivity contribution >= 4 is 21.6 Å². The van der Waals surface area contributed by atoms with Crippen molar-refractivity contribution in [3.63, 3.8) is 0 Å². The lowest BCUT2D eigenvalue weighted by Gasteiger charge is -2.36. The minimum Gasteiger partial charge on any atom is -0.375 e. The van der Waals surface area contributed by atoms with Gasteiger partial charge in [-0.25, -0.2) is 8.42 Å². The molecule has 0 spiro atoms. The first-order valence-corrected chi connectivity index (χ1v) is 8.05. The molecule has 1 aromatic rings. The average molecular weight is 304 g/mol. The first-order valence-electron chi connectivity index (χ1n) is 6.23. The molecular weight excluding hydrogens is 286 g/mol. The Balaban J connectivity index is 2.38. The van der Waals surface area contributed by atoms with E-state index in [0.29, 0.717) is 18.2 Å². The second-order valence-corrected chi connectivity index (χ2v) is 7.14. The van der Waals surface area contributed by atoms with Gasteiger partial charge in [-0.05, 0) is 38.5 Å². The van der Waals surface area contributed by atoms with Crippen molar-refractivity contribution in [2.45, 2.75) is 37.8 Å². The fourth-order valence-corrected chi connectivity index (χ4v) is 4.06. The minimum absolute atomic E-state index is 0.107. The summed E-state index contributed by atoms with van der Waals surface area (Å²) in [6.45, 7) is 6.38. The van der Waals surface area contributed by atoms with Gasteiger partial charge < -0.3 is 4.74 Å². The maximum absolute atomic E-state index is 12.6. The van der Waals surface area contributed by atoms with E-state index in [1.807, 2.05) is 20.8 Å². The third-order valence-corrected chi connectivity index (χ3v) is 5.97.